The van der Waals surface area contributed by atoms with Gasteiger partial charge in [-0.05, 0) is 54.8 Å². The van der Waals surface area contributed by atoms with Gasteiger partial charge in [0.1, 0.15) is 43.2 Å². The molecule has 2 aliphatic rings. The molecule has 4 rings (SSSR count). The van der Waals surface area contributed by atoms with Crippen molar-refractivity contribution in [3.8, 4) is 23.0 Å². The van der Waals surface area contributed by atoms with Crippen molar-refractivity contribution in [2.75, 3.05) is 13.2 Å². The van der Waals surface area contributed by atoms with Crippen LogP contribution in [0.2, 0.25) is 0 Å². The summed E-state index contributed by atoms with van der Waals surface area (Å²) in [6.45, 7) is 1.93. The molecule has 0 saturated carbocycles. The number of aromatic hydroxyl groups is 4. The lowest BCUT2D eigenvalue weighted by atomic mass is 9.97. The lowest BCUT2D eigenvalue weighted by Crippen LogP contribution is -2.65. The highest BCUT2D eigenvalue weighted by atomic mass is 16.7. The Balaban J connectivity index is 1.58. The molecular formula is C31H38O16. The van der Waals surface area contributed by atoms with Crippen molar-refractivity contribution >= 4 is 18.0 Å². The second-order valence-electron chi connectivity index (χ2n) is 11.0. The van der Waals surface area contributed by atoms with Crippen LogP contribution in [0, 0.1) is 0 Å². The van der Waals surface area contributed by atoms with Crippen LogP contribution in [0.3, 0.4) is 0 Å². The number of aliphatic hydroxyl groups is 4. The fourth-order valence-corrected chi connectivity index (χ4v) is 4.94. The molecule has 10 atom stereocenters. The molecule has 0 radical (unpaired) electrons. The third-order valence-corrected chi connectivity index (χ3v) is 7.54. The van der Waals surface area contributed by atoms with Gasteiger partial charge in [0.2, 0.25) is 0 Å². The van der Waals surface area contributed by atoms with Crippen molar-refractivity contribution in [3.63, 3.8) is 0 Å². The van der Waals surface area contributed by atoms with Gasteiger partial charge in [-0.3, -0.25) is 4.79 Å². The second-order valence-corrected chi connectivity index (χ2v) is 11.0. The minimum absolute atomic E-state index is 0.101. The number of carbonyl (C=O) groups excluding carboxylic acids is 2. The summed E-state index contributed by atoms with van der Waals surface area (Å²) in [4.78, 5) is 24.7. The summed E-state index contributed by atoms with van der Waals surface area (Å²) < 4.78 is 33.8. The molecule has 47 heavy (non-hydrogen) atoms. The molecule has 16 nitrogen and oxygen atoms in total. The number of hydrogen-bond acceptors (Lipinski definition) is 16. The maximum Gasteiger partial charge on any atom is 0.331 e. The number of rotatable bonds is 11. The molecule has 16 heteroatoms. The SMILES string of the molecule is CC(=O)OC[C@H]1O[C@@H](OCCc2ccc(O)c(O)c2)[C@H](O)[C@@H](O[C@@H]2O[C@@H](C)[C@H](O)[C@@H](O)[C@H]2O)[C@@H]1OC(=O)C=Cc1ccc(O)c(O)c1. The van der Waals surface area contributed by atoms with Crippen LogP contribution in [-0.4, -0.2) is 127 Å². The van der Waals surface area contributed by atoms with Crippen LogP contribution in [0.15, 0.2) is 42.5 Å². The van der Waals surface area contributed by atoms with E-state index in [1.165, 1.54) is 49.4 Å². The van der Waals surface area contributed by atoms with Gasteiger partial charge < -0.3 is 69.3 Å². The van der Waals surface area contributed by atoms with E-state index in [2.05, 4.69) is 0 Å². The number of phenols is 4. The summed E-state index contributed by atoms with van der Waals surface area (Å²) in [5.41, 5.74) is 0.882. The molecule has 0 aromatic heterocycles. The summed E-state index contributed by atoms with van der Waals surface area (Å²) in [5, 5.41) is 81.0. The maximum atomic E-state index is 13.0. The van der Waals surface area contributed by atoms with E-state index in [0.29, 0.717) is 11.1 Å². The summed E-state index contributed by atoms with van der Waals surface area (Å²) in [6, 6.07) is 7.94. The predicted molar refractivity (Wildman–Crippen MR) is 157 cm³/mol. The van der Waals surface area contributed by atoms with Gasteiger partial charge in [0.25, 0.3) is 0 Å². The first-order valence-corrected chi connectivity index (χ1v) is 14.6. The third kappa shape index (κ3) is 9.09. The number of carbonyl (C=O) groups is 2. The van der Waals surface area contributed by atoms with Gasteiger partial charge in [0.15, 0.2) is 41.7 Å². The molecule has 2 fully saturated rings. The van der Waals surface area contributed by atoms with Crippen molar-refractivity contribution in [2.24, 2.45) is 0 Å². The number of aliphatic hydroxyl groups excluding tert-OH is 4. The third-order valence-electron chi connectivity index (χ3n) is 7.54. The van der Waals surface area contributed by atoms with E-state index in [4.69, 9.17) is 28.4 Å². The van der Waals surface area contributed by atoms with Crippen LogP contribution in [0.4, 0.5) is 0 Å². The van der Waals surface area contributed by atoms with Gasteiger partial charge in [-0.15, -0.1) is 0 Å². The van der Waals surface area contributed by atoms with E-state index in [1.54, 1.807) is 0 Å². The fourth-order valence-electron chi connectivity index (χ4n) is 4.94. The van der Waals surface area contributed by atoms with Crippen molar-refractivity contribution in [1.82, 2.24) is 0 Å². The number of benzene rings is 2. The van der Waals surface area contributed by atoms with Crippen LogP contribution in [-0.2, 0) is 44.4 Å². The zero-order valence-electron chi connectivity index (χ0n) is 25.4. The molecule has 8 N–H and O–H groups in total. The van der Waals surface area contributed by atoms with Crippen LogP contribution >= 0.6 is 0 Å². The van der Waals surface area contributed by atoms with Crippen LogP contribution in [0.25, 0.3) is 6.08 Å². The molecule has 0 aliphatic carbocycles. The van der Waals surface area contributed by atoms with Gasteiger partial charge in [-0.1, -0.05) is 12.1 Å². The highest BCUT2D eigenvalue weighted by Crippen LogP contribution is 2.32. The molecule has 2 heterocycles. The number of esters is 2. The molecular weight excluding hydrogens is 628 g/mol. The predicted octanol–water partition coefficient (Wildman–Crippen LogP) is -0.445. The van der Waals surface area contributed by atoms with Crippen molar-refractivity contribution in [3.05, 3.63) is 53.6 Å². The van der Waals surface area contributed by atoms with Crippen molar-refractivity contribution < 1.29 is 78.9 Å². The van der Waals surface area contributed by atoms with Crippen LogP contribution in [0.5, 0.6) is 23.0 Å². The standard InChI is InChI=1S/C31H38O16/c1-14-24(38)25(39)26(40)31(44-14)47-29-27(41)30(42-10-9-17-4-7-19(34)21(36)12-17)45-22(13-43-15(2)32)28(29)46-23(37)8-5-16-3-6-18(33)20(35)11-16/h3-8,11-12,14,22,24-31,33-36,38-41H,9-10,13H2,1-2H3/t14-,22+,24-,25+,26+,27+,28+,29+,30+,31-/m0/s1. The Labute approximate surface area is 268 Å². The Morgan fingerprint density at radius 1 is 0.809 bits per heavy atom. The first-order chi connectivity index (χ1) is 22.2. The lowest BCUT2D eigenvalue weighted by Gasteiger charge is -2.46. The molecule has 0 amide bonds. The molecule has 0 spiro atoms. The first-order valence-electron chi connectivity index (χ1n) is 14.6. The van der Waals surface area contributed by atoms with E-state index in [-0.39, 0.29) is 30.3 Å². The summed E-state index contributed by atoms with van der Waals surface area (Å²) in [6.07, 6.45) is -12.9. The van der Waals surface area contributed by atoms with E-state index in [0.717, 1.165) is 13.0 Å². The molecule has 2 aromatic rings. The second kappa shape index (κ2) is 15.7. The average molecular weight is 667 g/mol. The Kier molecular flexibility index (Phi) is 12.0. The van der Waals surface area contributed by atoms with E-state index >= 15 is 0 Å². The van der Waals surface area contributed by atoms with Gasteiger partial charge in [-0.25, -0.2) is 4.79 Å². The first kappa shape index (κ1) is 35.8. The highest BCUT2D eigenvalue weighted by Gasteiger charge is 2.52. The van der Waals surface area contributed by atoms with Crippen molar-refractivity contribution in [1.29, 1.82) is 0 Å². The summed E-state index contributed by atoms with van der Waals surface area (Å²) >= 11 is 0. The maximum absolute atomic E-state index is 13.0. The Hall–Kier alpha value is -4.00. The average Bonchev–Trinajstić information content (AvgIpc) is 3.02. The zero-order valence-corrected chi connectivity index (χ0v) is 25.4. The zero-order chi connectivity index (χ0) is 34.4. The molecule has 258 valence electrons. The van der Waals surface area contributed by atoms with E-state index in [9.17, 15) is 50.4 Å². The van der Waals surface area contributed by atoms with Gasteiger partial charge in [-0.2, -0.15) is 0 Å². The Morgan fingerprint density at radius 2 is 1.49 bits per heavy atom. The molecule has 2 aliphatic heterocycles. The quantitative estimate of drug-likeness (QED) is 0.0859. The van der Waals surface area contributed by atoms with Gasteiger partial charge in [0, 0.05) is 13.0 Å². The topological polar surface area (TPSA) is 251 Å². The minimum atomic E-state index is -1.80. The largest absolute Gasteiger partial charge is 0.504 e. The van der Waals surface area contributed by atoms with E-state index in [1.807, 2.05) is 0 Å². The van der Waals surface area contributed by atoms with Gasteiger partial charge in [0.05, 0.1) is 12.7 Å². The normalized spacial score (nSPS) is 31.0. The molecule has 0 unspecified atom stereocenters. The smallest absolute Gasteiger partial charge is 0.331 e. The molecule has 2 saturated heterocycles. The molecule has 2 aromatic carbocycles. The monoisotopic (exact) mass is 666 g/mol. The fraction of sp³-hybridized carbons (Fsp3) is 0.484. The van der Waals surface area contributed by atoms with E-state index < -0.39 is 85.7 Å². The van der Waals surface area contributed by atoms with Crippen LogP contribution in [0.1, 0.15) is 25.0 Å². The number of ether oxygens (including phenoxy) is 6. The minimum Gasteiger partial charge on any atom is -0.504 e. The van der Waals surface area contributed by atoms with Crippen molar-refractivity contribution in [2.45, 2.75) is 81.7 Å². The Morgan fingerprint density at radius 3 is 2.15 bits per heavy atom. The van der Waals surface area contributed by atoms with Crippen LogP contribution < -0.4 is 0 Å². The summed E-state index contributed by atoms with van der Waals surface area (Å²) in [5.74, 6) is -3.18. The lowest BCUT2D eigenvalue weighted by molar-refractivity contribution is -0.357. The number of phenolic OH excluding ortho intramolecular Hbond substituents is 4. The molecule has 0 bridgehead atoms. The Bertz CT molecular complexity index is 1410. The van der Waals surface area contributed by atoms with Gasteiger partial charge >= 0.3 is 11.9 Å². The summed E-state index contributed by atoms with van der Waals surface area (Å²) in [7, 11) is 0. The highest BCUT2D eigenvalue weighted by molar-refractivity contribution is 5.87. The number of hydrogen-bond donors (Lipinski definition) is 8.